The molecular weight excluding hydrogens is 214 g/mol. The van der Waals surface area contributed by atoms with Gasteiger partial charge in [0.05, 0.1) is 0 Å². The lowest BCUT2D eigenvalue weighted by molar-refractivity contribution is -0.123. The fraction of sp³-hybridized carbons (Fsp3) is 0.538. The molecule has 0 radical (unpaired) electrons. The van der Waals surface area contributed by atoms with Gasteiger partial charge >= 0.3 is 0 Å². The third kappa shape index (κ3) is 2.82. The van der Waals surface area contributed by atoms with E-state index >= 15 is 0 Å². The summed E-state index contributed by atoms with van der Waals surface area (Å²) in [5.74, 6) is 1.03. The third-order valence-electron chi connectivity index (χ3n) is 3.30. The first kappa shape index (κ1) is 12.0. The molecule has 1 aromatic rings. The van der Waals surface area contributed by atoms with E-state index < -0.39 is 0 Å². The van der Waals surface area contributed by atoms with Crippen LogP contribution in [0, 0.1) is 5.92 Å². The maximum Gasteiger partial charge on any atom is 0.231 e. The highest BCUT2D eigenvalue weighted by atomic mass is 16.2. The average Bonchev–Trinajstić information content (AvgIpc) is 2.38. The van der Waals surface area contributed by atoms with Crippen LogP contribution >= 0.6 is 0 Å². The van der Waals surface area contributed by atoms with E-state index in [0.717, 1.165) is 25.2 Å². The SMILES string of the molecule is CC1CC(C(=O)N(C)c2ccccn2)CCN1. The van der Waals surface area contributed by atoms with Crippen LogP contribution in [-0.2, 0) is 4.79 Å². The number of amides is 1. The van der Waals surface area contributed by atoms with Gasteiger partial charge in [-0.05, 0) is 38.4 Å². The molecule has 1 N–H and O–H groups in total. The van der Waals surface area contributed by atoms with E-state index in [1.54, 1.807) is 18.1 Å². The minimum absolute atomic E-state index is 0.123. The molecule has 0 saturated carbocycles. The number of aromatic nitrogens is 1. The van der Waals surface area contributed by atoms with Crippen LogP contribution in [0.5, 0.6) is 0 Å². The maximum atomic E-state index is 12.3. The highest BCUT2D eigenvalue weighted by molar-refractivity contribution is 5.93. The molecule has 1 aromatic heterocycles. The smallest absolute Gasteiger partial charge is 0.231 e. The summed E-state index contributed by atoms with van der Waals surface area (Å²) in [6.45, 7) is 3.05. The minimum atomic E-state index is 0.123. The summed E-state index contributed by atoms with van der Waals surface area (Å²) in [6.07, 6.45) is 3.54. The maximum absolute atomic E-state index is 12.3. The Labute approximate surface area is 102 Å². The molecular formula is C13H19N3O. The predicted molar refractivity (Wildman–Crippen MR) is 67.8 cm³/mol. The van der Waals surface area contributed by atoms with Crippen LogP contribution in [0.25, 0.3) is 0 Å². The van der Waals surface area contributed by atoms with E-state index in [1.165, 1.54) is 0 Å². The van der Waals surface area contributed by atoms with Crippen molar-refractivity contribution in [3.8, 4) is 0 Å². The van der Waals surface area contributed by atoms with E-state index in [4.69, 9.17) is 0 Å². The van der Waals surface area contributed by atoms with Crippen LogP contribution in [0.4, 0.5) is 5.82 Å². The Balaban J connectivity index is 2.04. The Hall–Kier alpha value is -1.42. The second kappa shape index (κ2) is 5.27. The van der Waals surface area contributed by atoms with Crippen LogP contribution in [0.2, 0.25) is 0 Å². The molecule has 92 valence electrons. The van der Waals surface area contributed by atoms with Crippen molar-refractivity contribution in [1.82, 2.24) is 10.3 Å². The number of hydrogen-bond acceptors (Lipinski definition) is 3. The topological polar surface area (TPSA) is 45.2 Å². The number of carbonyl (C=O) groups excluding carboxylic acids is 1. The van der Waals surface area contributed by atoms with Gasteiger partial charge in [0.2, 0.25) is 5.91 Å². The summed E-state index contributed by atoms with van der Waals surface area (Å²) in [7, 11) is 1.80. The average molecular weight is 233 g/mol. The first-order valence-corrected chi connectivity index (χ1v) is 6.10. The molecule has 2 atom stereocenters. The summed E-state index contributed by atoms with van der Waals surface area (Å²) in [5, 5.41) is 3.36. The van der Waals surface area contributed by atoms with Gasteiger partial charge in [-0.15, -0.1) is 0 Å². The van der Waals surface area contributed by atoms with Crippen molar-refractivity contribution in [1.29, 1.82) is 0 Å². The molecule has 0 aliphatic carbocycles. The molecule has 1 saturated heterocycles. The molecule has 0 spiro atoms. The molecule has 2 unspecified atom stereocenters. The lowest BCUT2D eigenvalue weighted by Gasteiger charge is -2.29. The Morgan fingerprint density at radius 1 is 1.53 bits per heavy atom. The number of anilines is 1. The van der Waals surface area contributed by atoms with Crippen molar-refractivity contribution in [3.63, 3.8) is 0 Å². The number of nitrogens with one attached hydrogen (secondary N) is 1. The number of carbonyl (C=O) groups is 1. The number of pyridine rings is 1. The van der Waals surface area contributed by atoms with Gasteiger partial charge in [0.15, 0.2) is 0 Å². The van der Waals surface area contributed by atoms with Crippen LogP contribution in [0.1, 0.15) is 19.8 Å². The van der Waals surface area contributed by atoms with Crippen molar-refractivity contribution in [3.05, 3.63) is 24.4 Å². The molecule has 17 heavy (non-hydrogen) atoms. The minimum Gasteiger partial charge on any atom is -0.314 e. The van der Waals surface area contributed by atoms with E-state index in [1.807, 2.05) is 18.2 Å². The van der Waals surface area contributed by atoms with Crippen molar-refractivity contribution >= 4 is 11.7 Å². The van der Waals surface area contributed by atoms with E-state index in [2.05, 4.69) is 17.2 Å². The van der Waals surface area contributed by atoms with Crippen molar-refractivity contribution in [2.45, 2.75) is 25.8 Å². The molecule has 2 rings (SSSR count). The Kier molecular flexibility index (Phi) is 3.74. The zero-order valence-electron chi connectivity index (χ0n) is 10.4. The summed E-state index contributed by atoms with van der Waals surface area (Å²) < 4.78 is 0. The molecule has 1 aliphatic heterocycles. The molecule has 0 bridgehead atoms. The van der Waals surface area contributed by atoms with Crippen LogP contribution in [0.15, 0.2) is 24.4 Å². The van der Waals surface area contributed by atoms with Gasteiger partial charge in [-0.3, -0.25) is 9.69 Å². The fourth-order valence-corrected chi connectivity index (χ4v) is 2.30. The highest BCUT2D eigenvalue weighted by Crippen LogP contribution is 2.20. The molecule has 4 heteroatoms. The Morgan fingerprint density at radius 3 is 3.00 bits per heavy atom. The van der Waals surface area contributed by atoms with Crippen LogP contribution in [-0.4, -0.2) is 30.5 Å². The fourth-order valence-electron chi connectivity index (χ4n) is 2.30. The monoisotopic (exact) mass is 233 g/mol. The zero-order valence-corrected chi connectivity index (χ0v) is 10.4. The number of rotatable bonds is 2. The molecule has 2 heterocycles. The first-order chi connectivity index (χ1) is 8.18. The highest BCUT2D eigenvalue weighted by Gasteiger charge is 2.27. The van der Waals surface area contributed by atoms with Gasteiger partial charge in [-0.1, -0.05) is 6.07 Å². The van der Waals surface area contributed by atoms with Crippen molar-refractivity contribution < 1.29 is 4.79 Å². The van der Waals surface area contributed by atoms with E-state index in [0.29, 0.717) is 6.04 Å². The lowest BCUT2D eigenvalue weighted by atomic mass is 9.92. The second-order valence-corrected chi connectivity index (χ2v) is 4.66. The quantitative estimate of drug-likeness (QED) is 0.840. The van der Waals surface area contributed by atoms with Crippen LogP contribution in [0.3, 0.4) is 0 Å². The third-order valence-corrected chi connectivity index (χ3v) is 3.30. The molecule has 0 aromatic carbocycles. The summed E-state index contributed by atoms with van der Waals surface area (Å²) in [4.78, 5) is 18.2. The number of nitrogens with zero attached hydrogens (tertiary/aromatic N) is 2. The summed E-state index contributed by atoms with van der Waals surface area (Å²) in [5.41, 5.74) is 0. The molecule has 1 aliphatic rings. The standard InChI is InChI=1S/C13H19N3O/c1-10-9-11(6-8-14-10)13(17)16(2)12-5-3-4-7-15-12/h3-5,7,10-11,14H,6,8-9H2,1-2H3. The Bertz CT molecular complexity index is 380. The largest absolute Gasteiger partial charge is 0.314 e. The van der Waals surface area contributed by atoms with Crippen molar-refractivity contribution in [2.75, 3.05) is 18.5 Å². The van der Waals surface area contributed by atoms with Gasteiger partial charge in [0.25, 0.3) is 0 Å². The second-order valence-electron chi connectivity index (χ2n) is 4.66. The molecule has 1 fully saturated rings. The molecule has 4 nitrogen and oxygen atoms in total. The van der Waals surface area contributed by atoms with Gasteiger partial charge in [0.1, 0.15) is 5.82 Å². The normalized spacial score (nSPS) is 24.4. The predicted octanol–water partition coefficient (Wildman–Crippen LogP) is 1.43. The summed E-state index contributed by atoms with van der Waals surface area (Å²) in [6, 6.07) is 6.04. The first-order valence-electron chi connectivity index (χ1n) is 6.10. The lowest BCUT2D eigenvalue weighted by Crippen LogP contribution is -2.43. The van der Waals surface area contributed by atoms with E-state index in [9.17, 15) is 4.79 Å². The van der Waals surface area contributed by atoms with E-state index in [-0.39, 0.29) is 11.8 Å². The number of hydrogen-bond donors (Lipinski definition) is 1. The van der Waals surface area contributed by atoms with Gasteiger partial charge in [-0.2, -0.15) is 0 Å². The van der Waals surface area contributed by atoms with Crippen LogP contribution < -0.4 is 10.2 Å². The van der Waals surface area contributed by atoms with Gasteiger partial charge in [0, 0.05) is 25.2 Å². The van der Waals surface area contributed by atoms with Gasteiger partial charge < -0.3 is 5.32 Å². The zero-order chi connectivity index (χ0) is 12.3. The van der Waals surface area contributed by atoms with Gasteiger partial charge in [-0.25, -0.2) is 4.98 Å². The number of piperidine rings is 1. The Morgan fingerprint density at radius 2 is 2.35 bits per heavy atom. The summed E-state index contributed by atoms with van der Waals surface area (Å²) >= 11 is 0. The van der Waals surface area contributed by atoms with Crippen molar-refractivity contribution in [2.24, 2.45) is 5.92 Å². The molecule has 1 amide bonds.